The smallest absolute Gasteiger partial charge is 0.317 e. The number of carbonyl (C=O) groups excluding carboxylic acids is 2. The maximum atomic E-state index is 13.1. The van der Waals surface area contributed by atoms with Crippen molar-refractivity contribution in [2.45, 2.75) is 45.1 Å². The molecule has 2 rings (SSSR count). The molecule has 0 aromatic heterocycles. The number of hydrogen-bond donors (Lipinski definition) is 2. The zero-order chi connectivity index (χ0) is 17.4. The Labute approximate surface area is 142 Å². The molecule has 0 spiro atoms. The molecule has 2 N–H and O–H groups in total. The molecule has 0 bridgehead atoms. The Morgan fingerprint density at radius 2 is 2.04 bits per heavy atom. The van der Waals surface area contributed by atoms with Gasteiger partial charge in [-0.25, -0.2) is 9.18 Å². The Morgan fingerprint density at radius 3 is 2.71 bits per heavy atom. The highest BCUT2D eigenvalue weighted by Crippen LogP contribution is 2.11. The molecule has 1 aromatic rings. The summed E-state index contributed by atoms with van der Waals surface area (Å²) in [7, 11) is 0. The van der Waals surface area contributed by atoms with E-state index in [1.165, 1.54) is 12.1 Å². The molecule has 1 fully saturated rings. The number of urea groups is 1. The molecule has 0 atom stereocenters. The molecule has 132 valence electrons. The van der Waals surface area contributed by atoms with Crippen molar-refractivity contribution in [3.63, 3.8) is 0 Å². The van der Waals surface area contributed by atoms with E-state index in [2.05, 4.69) is 10.6 Å². The van der Waals surface area contributed by atoms with Crippen LogP contribution in [0, 0.1) is 5.82 Å². The van der Waals surface area contributed by atoms with Crippen LogP contribution in [0.5, 0.6) is 0 Å². The van der Waals surface area contributed by atoms with Crippen LogP contribution < -0.4 is 10.6 Å². The highest BCUT2D eigenvalue weighted by Gasteiger charge is 2.23. The lowest BCUT2D eigenvalue weighted by Gasteiger charge is -2.32. The molecule has 0 radical (unpaired) electrons. The number of nitrogens with zero attached hydrogens (tertiary/aromatic N) is 1. The van der Waals surface area contributed by atoms with Crippen molar-refractivity contribution >= 4 is 11.9 Å². The van der Waals surface area contributed by atoms with Gasteiger partial charge < -0.3 is 15.5 Å². The number of rotatable bonds is 6. The predicted molar refractivity (Wildman–Crippen MR) is 91.1 cm³/mol. The van der Waals surface area contributed by atoms with Crippen molar-refractivity contribution in [2.75, 3.05) is 19.6 Å². The van der Waals surface area contributed by atoms with E-state index >= 15 is 0 Å². The third-order valence-electron chi connectivity index (χ3n) is 4.20. The topological polar surface area (TPSA) is 61.4 Å². The van der Waals surface area contributed by atoms with E-state index in [-0.39, 0.29) is 23.8 Å². The van der Waals surface area contributed by atoms with Gasteiger partial charge >= 0.3 is 6.03 Å². The van der Waals surface area contributed by atoms with E-state index in [9.17, 15) is 14.0 Å². The fourth-order valence-electron chi connectivity index (χ4n) is 2.82. The van der Waals surface area contributed by atoms with E-state index in [1.54, 1.807) is 11.0 Å². The van der Waals surface area contributed by atoms with Gasteiger partial charge in [-0.2, -0.15) is 0 Å². The number of halogens is 1. The van der Waals surface area contributed by atoms with Crippen LogP contribution >= 0.6 is 0 Å². The van der Waals surface area contributed by atoms with Gasteiger partial charge in [0.15, 0.2) is 0 Å². The summed E-state index contributed by atoms with van der Waals surface area (Å²) in [6, 6.07) is 6.42. The van der Waals surface area contributed by atoms with Crippen LogP contribution in [0.2, 0.25) is 0 Å². The lowest BCUT2D eigenvalue weighted by Crippen LogP contribution is -2.49. The van der Waals surface area contributed by atoms with Crippen molar-refractivity contribution in [3.8, 4) is 0 Å². The monoisotopic (exact) mass is 335 g/mol. The highest BCUT2D eigenvalue weighted by atomic mass is 19.1. The predicted octanol–water partition coefficient (Wildman–Crippen LogP) is 2.46. The van der Waals surface area contributed by atoms with Gasteiger partial charge in [0.1, 0.15) is 5.82 Å². The van der Waals surface area contributed by atoms with Gasteiger partial charge in [-0.1, -0.05) is 19.1 Å². The Bertz CT molecular complexity index is 557. The second-order valence-corrected chi connectivity index (χ2v) is 6.19. The van der Waals surface area contributed by atoms with Gasteiger partial charge in [0.25, 0.3) is 0 Å². The minimum absolute atomic E-state index is 0.0202. The van der Waals surface area contributed by atoms with Crippen LogP contribution in [0.3, 0.4) is 0 Å². The van der Waals surface area contributed by atoms with Crippen LogP contribution in [-0.2, 0) is 11.2 Å². The molecule has 24 heavy (non-hydrogen) atoms. The first-order valence-corrected chi connectivity index (χ1v) is 8.65. The zero-order valence-electron chi connectivity index (χ0n) is 14.2. The lowest BCUT2D eigenvalue weighted by atomic mass is 10.0. The van der Waals surface area contributed by atoms with E-state index < -0.39 is 0 Å². The maximum absolute atomic E-state index is 13.1. The summed E-state index contributed by atoms with van der Waals surface area (Å²) in [4.78, 5) is 25.7. The number of nitrogens with one attached hydrogen (secondary N) is 2. The van der Waals surface area contributed by atoms with Crippen LogP contribution in [0.4, 0.5) is 9.18 Å². The first kappa shape index (κ1) is 18.2. The average Bonchev–Trinajstić information content (AvgIpc) is 2.58. The second kappa shape index (κ2) is 9.25. The number of amides is 3. The number of hydrogen-bond acceptors (Lipinski definition) is 2. The standard InChI is InChI=1S/C18H26FN3O2/c1-2-10-20-18(24)22-11-8-16(9-12-22)21-17(23)7-6-14-4-3-5-15(19)13-14/h3-5,13,16H,2,6-12H2,1H3,(H,20,24)(H,21,23). The van der Waals surface area contributed by atoms with Crippen LogP contribution in [0.25, 0.3) is 0 Å². The molecule has 0 saturated carbocycles. The summed E-state index contributed by atoms with van der Waals surface area (Å²) in [6.45, 7) is 4.02. The average molecular weight is 335 g/mol. The molecule has 1 aromatic carbocycles. The highest BCUT2D eigenvalue weighted by molar-refractivity contribution is 5.77. The number of benzene rings is 1. The van der Waals surface area contributed by atoms with Gasteiger partial charge in [0.05, 0.1) is 0 Å². The van der Waals surface area contributed by atoms with E-state index in [0.717, 1.165) is 24.8 Å². The van der Waals surface area contributed by atoms with Crippen LogP contribution in [0.1, 0.15) is 38.2 Å². The van der Waals surface area contributed by atoms with Crippen molar-refractivity contribution in [3.05, 3.63) is 35.6 Å². The maximum Gasteiger partial charge on any atom is 0.317 e. The van der Waals surface area contributed by atoms with Crippen molar-refractivity contribution in [1.82, 2.24) is 15.5 Å². The quantitative estimate of drug-likeness (QED) is 0.839. The number of likely N-dealkylation sites (tertiary alicyclic amines) is 1. The molecule has 1 aliphatic rings. The van der Waals surface area contributed by atoms with Gasteiger partial charge in [-0.05, 0) is 43.4 Å². The molecule has 0 aliphatic carbocycles. The lowest BCUT2D eigenvalue weighted by molar-refractivity contribution is -0.122. The molecule has 0 unspecified atom stereocenters. The molecular weight excluding hydrogens is 309 g/mol. The largest absolute Gasteiger partial charge is 0.353 e. The summed E-state index contributed by atoms with van der Waals surface area (Å²) in [5.41, 5.74) is 0.826. The van der Waals surface area contributed by atoms with Gasteiger partial charge in [-0.15, -0.1) is 0 Å². The number of aryl methyl sites for hydroxylation is 1. The second-order valence-electron chi connectivity index (χ2n) is 6.19. The van der Waals surface area contributed by atoms with E-state index in [4.69, 9.17) is 0 Å². The molecular formula is C18H26FN3O2. The van der Waals surface area contributed by atoms with E-state index in [1.807, 2.05) is 13.0 Å². The first-order valence-electron chi connectivity index (χ1n) is 8.65. The molecule has 1 heterocycles. The van der Waals surface area contributed by atoms with E-state index in [0.29, 0.717) is 32.5 Å². The molecule has 3 amide bonds. The normalized spacial score (nSPS) is 15.2. The molecule has 6 heteroatoms. The summed E-state index contributed by atoms with van der Waals surface area (Å²) in [5, 5.41) is 5.88. The van der Waals surface area contributed by atoms with Crippen molar-refractivity contribution < 1.29 is 14.0 Å². The Balaban J connectivity index is 1.67. The SMILES string of the molecule is CCCNC(=O)N1CCC(NC(=O)CCc2cccc(F)c2)CC1. The Morgan fingerprint density at radius 1 is 1.29 bits per heavy atom. The fraction of sp³-hybridized carbons (Fsp3) is 0.556. The zero-order valence-corrected chi connectivity index (χ0v) is 14.2. The first-order chi connectivity index (χ1) is 11.6. The van der Waals surface area contributed by atoms with Gasteiger partial charge in [0.2, 0.25) is 5.91 Å². The summed E-state index contributed by atoms with van der Waals surface area (Å²) in [6.07, 6.45) is 3.34. The van der Waals surface area contributed by atoms with Crippen LogP contribution in [0.15, 0.2) is 24.3 Å². The van der Waals surface area contributed by atoms with Crippen molar-refractivity contribution in [2.24, 2.45) is 0 Å². The molecule has 1 aliphatic heterocycles. The minimum Gasteiger partial charge on any atom is -0.353 e. The van der Waals surface area contributed by atoms with Gasteiger partial charge in [0, 0.05) is 32.1 Å². The minimum atomic E-state index is -0.276. The third kappa shape index (κ3) is 5.83. The number of carbonyl (C=O) groups is 2. The number of piperidine rings is 1. The molecule has 1 saturated heterocycles. The summed E-state index contributed by atoms with van der Waals surface area (Å²) in [5.74, 6) is -0.297. The summed E-state index contributed by atoms with van der Waals surface area (Å²) < 4.78 is 13.1. The summed E-state index contributed by atoms with van der Waals surface area (Å²) >= 11 is 0. The van der Waals surface area contributed by atoms with Crippen LogP contribution in [-0.4, -0.2) is 42.5 Å². The Hall–Kier alpha value is -2.11. The Kier molecular flexibility index (Phi) is 7.03. The molecule has 5 nitrogen and oxygen atoms in total. The van der Waals surface area contributed by atoms with Gasteiger partial charge in [-0.3, -0.25) is 4.79 Å². The fourth-order valence-corrected chi connectivity index (χ4v) is 2.82. The third-order valence-corrected chi connectivity index (χ3v) is 4.20. The van der Waals surface area contributed by atoms with Crippen molar-refractivity contribution in [1.29, 1.82) is 0 Å².